The number of aliphatic hydroxyl groups is 2. The van der Waals surface area contributed by atoms with Gasteiger partial charge in [0.25, 0.3) is 0 Å². The Kier molecular flexibility index (Phi) is 9.33. The van der Waals surface area contributed by atoms with E-state index in [0.29, 0.717) is 25.7 Å². The number of carbonyl (C=O) groups excluding carboxylic acids is 1. The molecule has 3 N–H and O–H groups in total. The molecule has 34 heavy (non-hydrogen) atoms. The van der Waals surface area contributed by atoms with Crippen molar-refractivity contribution < 1.29 is 24.9 Å². The lowest BCUT2D eigenvalue weighted by Gasteiger charge is -2.22. The Morgan fingerprint density at radius 1 is 1.21 bits per heavy atom. The fourth-order valence-electron chi connectivity index (χ4n) is 4.91. The summed E-state index contributed by atoms with van der Waals surface area (Å²) in [6.07, 6.45) is 7.19. The van der Waals surface area contributed by atoms with Crippen molar-refractivity contribution >= 4 is 44.8 Å². The summed E-state index contributed by atoms with van der Waals surface area (Å²) in [5.41, 5.74) is -0.821. The predicted octanol–water partition coefficient (Wildman–Crippen LogP) is 6.03. The van der Waals surface area contributed by atoms with Crippen molar-refractivity contribution in [2.24, 2.45) is 17.3 Å². The molecule has 1 aromatic heterocycles. The molecule has 186 valence electrons. The third-order valence-corrected chi connectivity index (χ3v) is 8.79. The summed E-state index contributed by atoms with van der Waals surface area (Å²) in [5, 5.41) is 32.0. The van der Waals surface area contributed by atoms with Crippen molar-refractivity contribution in [3.05, 3.63) is 46.3 Å². The largest absolute Gasteiger partial charge is 0.481 e. The number of Topliss-reactive ketones (excluding diaryl/α,β-unsaturated/α-hetero) is 1. The molecule has 3 rings (SSSR count). The monoisotopic (exact) mass is 506 g/mol. The van der Waals surface area contributed by atoms with Crippen LogP contribution in [0, 0.1) is 17.3 Å². The fourth-order valence-corrected chi connectivity index (χ4v) is 6.46. The minimum absolute atomic E-state index is 0.0618. The first-order valence-corrected chi connectivity index (χ1v) is 13.3. The number of unbranched alkanes of at least 4 members (excludes halogenated alkanes) is 3. The van der Waals surface area contributed by atoms with Gasteiger partial charge in [0.1, 0.15) is 5.78 Å². The maximum absolute atomic E-state index is 13.0. The molecule has 0 radical (unpaired) electrons. The SMILES string of the molecule is CC1(C)C(=O)[C@H](CCCCCCC(=O)O)[C@@H](/C=C/C(O)CCc2sc3ccccc3c2Cl)[C@@H]1O. The minimum atomic E-state index is -0.821. The smallest absolute Gasteiger partial charge is 0.303 e. The van der Waals surface area contributed by atoms with Crippen molar-refractivity contribution in [2.75, 3.05) is 0 Å². The molecule has 1 aliphatic rings. The summed E-state index contributed by atoms with van der Waals surface area (Å²) in [6.45, 7) is 3.57. The zero-order valence-electron chi connectivity index (χ0n) is 19.9. The van der Waals surface area contributed by atoms with E-state index < -0.39 is 23.6 Å². The highest BCUT2D eigenvalue weighted by Gasteiger charge is 2.52. The number of ketones is 1. The molecule has 4 atom stereocenters. The van der Waals surface area contributed by atoms with Gasteiger partial charge in [0, 0.05) is 33.2 Å². The average molecular weight is 507 g/mol. The predicted molar refractivity (Wildman–Crippen MR) is 137 cm³/mol. The van der Waals surface area contributed by atoms with Gasteiger partial charge in [-0.3, -0.25) is 9.59 Å². The Morgan fingerprint density at radius 3 is 2.62 bits per heavy atom. The molecular formula is C27H35ClO5S. The van der Waals surface area contributed by atoms with E-state index in [0.717, 1.165) is 39.2 Å². The Morgan fingerprint density at radius 2 is 1.91 bits per heavy atom. The van der Waals surface area contributed by atoms with Crippen LogP contribution in [0.1, 0.15) is 63.7 Å². The van der Waals surface area contributed by atoms with Crippen LogP contribution in [0.15, 0.2) is 36.4 Å². The Labute approximate surface area is 210 Å². The van der Waals surface area contributed by atoms with Gasteiger partial charge in [0.05, 0.1) is 22.6 Å². The van der Waals surface area contributed by atoms with Crippen LogP contribution in [0.3, 0.4) is 0 Å². The summed E-state index contributed by atoms with van der Waals surface area (Å²) in [4.78, 5) is 24.7. The number of carbonyl (C=O) groups is 2. The number of aryl methyl sites for hydroxylation is 1. The molecule has 2 aromatic rings. The molecule has 0 saturated heterocycles. The maximum atomic E-state index is 13.0. The first kappa shape index (κ1) is 26.9. The van der Waals surface area contributed by atoms with Crippen LogP contribution in [0.4, 0.5) is 0 Å². The summed E-state index contributed by atoms with van der Waals surface area (Å²) in [5.74, 6) is -1.34. The molecule has 1 aromatic carbocycles. The van der Waals surface area contributed by atoms with Gasteiger partial charge in [-0.1, -0.05) is 75.1 Å². The maximum Gasteiger partial charge on any atom is 0.303 e. The van der Waals surface area contributed by atoms with E-state index in [1.165, 1.54) is 0 Å². The molecule has 0 bridgehead atoms. The van der Waals surface area contributed by atoms with Gasteiger partial charge >= 0.3 is 5.97 Å². The van der Waals surface area contributed by atoms with Crippen LogP contribution in [0.5, 0.6) is 0 Å². The van der Waals surface area contributed by atoms with E-state index in [9.17, 15) is 19.8 Å². The number of aliphatic hydroxyl groups excluding tert-OH is 2. The Balaban J connectivity index is 1.57. The third-order valence-electron chi connectivity index (χ3n) is 7.02. The van der Waals surface area contributed by atoms with Crippen molar-refractivity contribution in [2.45, 2.75) is 77.4 Å². The number of fused-ring (bicyclic) bond motifs is 1. The summed E-state index contributed by atoms with van der Waals surface area (Å²) in [6, 6.07) is 7.99. The normalized spacial score (nSPS) is 23.2. The third kappa shape index (κ3) is 6.28. The van der Waals surface area contributed by atoms with Gasteiger partial charge in [-0.15, -0.1) is 11.3 Å². The second kappa shape index (κ2) is 11.8. The molecule has 1 saturated carbocycles. The highest BCUT2D eigenvalue weighted by atomic mass is 35.5. The van der Waals surface area contributed by atoms with Crippen LogP contribution in [0.2, 0.25) is 5.02 Å². The van der Waals surface area contributed by atoms with E-state index >= 15 is 0 Å². The molecule has 1 heterocycles. The first-order valence-electron chi connectivity index (χ1n) is 12.1. The number of aliphatic carboxylic acids is 1. The quantitative estimate of drug-likeness (QED) is 0.241. The summed E-state index contributed by atoms with van der Waals surface area (Å²) >= 11 is 8.16. The topological polar surface area (TPSA) is 94.8 Å². The van der Waals surface area contributed by atoms with E-state index in [2.05, 4.69) is 0 Å². The van der Waals surface area contributed by atoms with Crippen LogP contribution in [-0.2, 0) is 16.0 Å². The van der Waals surface area contributed by atoms with E-state index in [1.54, 1.807) is 31.3 Å². The lowest BCUT2D eigenvalue weighted by Crippen LogP contribution is -2.31. The van der Waals surface area contributed by atoms with Crippen molar-refractivity contribution in [1.29, 1.82) is 0 Å². The zero-order valence-corrected chi connectivity index (χ0v) is 21.4. The number of thiophene rings is 1. The first-order chi connectivity index (χ1) is 16.1. The van der Waals surface area contributed by atoms with Gasteiger partial charge in [0.15, 0.2) is 0 Å². The van der Waals surface area contributed by atoms with Crippen molar-refractivity contribution in [1.82, 2.24) is 0 Å². The number of benzene rings is 1. The molecule has 1 aliphatic carbocycles. The van der Waals surface area contributed by atoms with Crippen molar-refractivity contribution in [3.63, 3.8) is 0 Å². The molecule has 0 spiro atoms. The van der Waals surface area contributed by atoms with Gasteiger partial charge in [0.2, 0.25) is 0 Å². The molecule has 7 heteroatoms. The van der Waals surface area contributed by atoms with Crippen LogP contribution < -0.4 is 0 Å². The Hall–Kier alpha value is -1.73. The lowest BCUT2D eigenvalue weighted by atomic mass is 9.86. The lowest BCUT2D eigenvalue weighted by molar-refractivity contribution is -0.137. The highest BCUT2D eigenvalue weighted by molar-refractivity contribution is 7.19. The molecule has 1 unspecified atom stereocenters. The van der Waals surface area contributed by atoms with E-state index in [-0.39, 0.29) is 24.0 Å². The highest BCUT2D eigenvalue weighted by Crippen LogP contribution is 2.45. The Bertz CT molecular complexity index is 1030. The van der Waals surface area contributed by atoms with Crippen LogP contribution >= 0.6 is 22.9 Å². The number of carboxylic acid groups (broad SMARTS) is 1. The van der Waals surface area contributed by atoms with Gasteiger partial charge in [-0.25, -0.2) is 0 Å². The van der Waals surface area contributed by atoms with Gasteiger partial charge < -0.3 is 15.3 Å². The molecule has 0 aliphatic heterocycles. The number of rotatable bonds is 12. The van der Waals surface area contributed by atoms with Crippen molar-refractivity contribution in [3.8, 4) is 0 Å². The molecule has 1 fully saturated rings. The second-order valence-corrected chi connectivity index (χ2v) is 11.4. The molecule has 0 amide bonds. The van der Waals surface area contributed by atoms with Gasteiger partial charge in [-0.2, -0.15) is 0 Å². The summed E-state index contributed by atoms with van der Waals surface area (Å²) in [7, 11) is 0. The fraction of sp³-hybridized carbons (Fsp3) is 0.556. The number of carboxylic acids is 1. The standard InChI is InChI=1S/C27H35ClO5S/c1-27(2)25(32)18(9-5-3-4-6-12-23(30)31)19(26(27)33)15-13-17(29)14-16-22-24(28)20-10-7-8-11-21(20)34-22/h7-8,10-11,13,15,17-19,26,29,33H,3-6,9,12,14,16H2,1-2H3,(H,30,31)/b15-13+/t17?,18-,19-,26+/m1/s1. The summed E-state index contributed by atoms with van der Waals surface area (Å²) < 4.78 is 1.13. The number of halogens is 1. The minimum Gasteiger partial charge on any atom is -0.481 e. The van der Waals surface area contributed by atoms with Gasteiger partial charge in [-0.05, 0) is 31.7 Å². The molecular weight excluding hydrogens is 472 g/mol. The number of hydrogen-bond acceptors (Lipinski definition) is 5. The van der Waals surface area contributed by atoms with E-state index in [4.69, 9.17) is 16.7 Å². The second-order valence-electron chi connectivity index (χ2n) is 9.89. The van der Waals surface area contributed by atoms with E-state index in [1.807, 2.05) is 30.3 Å². The number of hydrogen-bond donors (Lipinski definition) is 3. The zero-order chi connectivity index (χ0) is 24.9. The van der Waals surface area contributed by atoms with Crippen LogP contribution in [0.25, 0.3) is 10.1 Å². The van der Waals surface area contributed by atoms with Crippen LogP contribution in [-0.4, -0.2) is 39.3 Å². The average Bonchev–Trinajstić information content (AvgIpc) is 3.20. The molecule has 5 nitrogen and oxygen atoms in total.